The van der Waals surface area contributed by atoms with Gasteiger partial charge in [0, 0.05) is 103 Å². The molecule has 2 aliphatic heterocycles. The zero-order chi connectivity index (χ0) is 98.4. The fraction of sp³-hybridized carbons (Fsp3) is 0.663. The van der Waals surface area contributed by atoms with Crippen LogP contribution in [0.3, 0.4) is 0 Å². The quantitative estimate of drug-likeness (QED) is 0.0119. The zero-order valence-corrected chi connectivity index (χ0v) is 94.1. The maximum Gasteiger partial charge on any atom is 0.500 e. The van der Waals surface area contributed by atoms with Crippen LogP contribution >= 0.6 is 0 Å². The summed E-state index contributed by atoms with van der Waals surface area (Å²) in [5, 5.41) is 29.5. The number of carbonyl (C=O) groups excluding carboxylic acids is 6. The largest absolute Gasteiger partial charge is 0.500 e. The molecule has 4 aromatic rings. The molecule has 0 aliphatic carbocycles. The predicted octanol–water partition coefficient (Wildman–Crippen LogP) is 17.3. The number of aliphatic carboxylic acids is 2. The molecule has 2 heterocycles. The number of ether oxygens (including phenoxy) is 2. The lowest BCUT2D eigenvalue weighted by atomic mass is 9.99. The number of carbonyl (C=O) groups is 8. The van der Waals surface area contributed by atoms with Crippen molar-refractivity contribution in [1.82, 2.24) is 10.6 Å². The summed E-state index contributed by atoms with van der Waals surface area (Å²) in [7, 11) is -30.8. The second-order valence-electron chi connectivity index (χ2n) is 36.3. The van der Waals surface area contributed by atoms with Crippen LogP contribution in [0.1, 0.15) is 188 Å². The normalized spacial score (nSPS) is 15.0. The third-order valence-corrected chi connectivity index (χ3v) is 63.4. The Balaban J connectivity index is 0.00000244. The summed E-state index contributed by atoms with van der Waals surface area (Å²) in [5.74, 6) is -6.54. The maximum absolute atomic E-state index is 13.6. The highest BCUT2D eigenvalue weighted by Gasteiger charge is 2.55. The molecule has 2 aliphatic rings. The van der Waals surface area contributed by atoms with Crippen LogP contribution in [0.2, 0.25) is 121 Å². The monoisotopic (exact) mass is 2100 g/mol. The van der Waals surface area contributed by atoms with E-state index in [1.807, 2.05) is 135 Å². The third kappa shape index (κ3) is 46.9. The molecular weight excluding hydrogens is 1920 g/mol. The molecule has 0 bridgehead atoms. The molecule has 4 atom stereocenters. The number of nitrogens with two attached hydrogens (primary N) is 1. The van der Waals surface area contributed by atoms with E-state index in [2.05, 4.69) is 138 Å². The number of rotatable bonds is 67. The lowest BCUT2D eigenvalue weighted by molar-refractivity contribution is -0.155. The van der Waals surface area contributed by atoms with Gasteiger partial charge < -0.3 is 101 Å². The molecule has 6 N–H and O–H groups in total. The van der Waals surface area contributed by atoms with Gasteiger partial charge in [-0.05, 0) is 237 Å². The molecule has 2 saturated heterocycles. The summed E-state index contributed by atoms with van der Waals surface area (Å²) in [6.07, 6.45) is 6.43. The van der Waals surface area contributed by atoms with Crippen LogP contribution in [0, 0.1) is 23.7 Å². The van der Waals surface area contributed by atoms with Crippen molar-refractivity contribution < 1.29 is 123 Å². The second kappa shape index (κ2) is 65.1. The summed E-state index contributed by atoms with van der Waals surface area (Å²) in [4.78, 5) is 98.2. The van der Waals surface area contributed by atoms with E-state index in [1.165, 1.54) is 0 Å². The van der Waals surface area contributed by atoms with Gasteiger partial charge in [-0.2, -0.15) is 0 Å². The molecule has 4 aromatic carbocycles. The van der Waals surface area contributed by atoms with Gasteiger partial charge in [0.2, 0.25) is 11.8 Å². The lowest BCUT2D eigenvalue weighted by Crippen LogP contribution is -2.71. The maximum atomic E-state index is 13.6. The van der Waals surface area contributed by atoms with Gasteiger partial charge in [0.1, 0.15) is 0 Å². The standard InChI is InChI=1S/C50H92N2O15Si6.C32H46O9Si4.C9H23NO3Si.4CH4/c1-13-59-71(60-14-2,61-15-3)39-27-35-51-49(57)43(41-47(53)54)29-25-37-68(7,8)65-70(11,12)67-73(45-31-21-19-22-32-45,46-33-23-20-24-34-46)66-69(9,10)38-26-30-44(42-48(55)56)50(58)52-36-28-40-72(62-16-4,63-17-5)64-18-6;1-42(2,21-13-15-25-23-29(33)37-31(25)35)39-44(5,6)41-45(27-17-9-7-10-18-27,28-19-11-8-12-20-28)40-43(3,4)22-14-16-26-24-30(34)38-32(26)36;1-4-11-14(12-5-2,13-6-3)9-7-8-10;;;;/h19-24,31-34,43-44H,13-18,25-30,35-42H2,1-12H3,(H,51,57)(H,52,58)(H,53,54)(H,55,56);7-12,17-20,25-26H,13-16,21-24H2,1-6H3;4-10H2,1-3H3;4*1H4. The Bertz CT molecular complexity index is 3920. The van der Waals surface area contributed by atoms with E-state index in [1.54, 1.807) is 0 Å². The van der Waals surface area contributed by atoms with Crippen LogP contribution in [0.5, 0.6) is 0 Å². The SMILES string of the molecule is C.C.C.C.CCO[Si](CCCN)(OCC)OCC.CCO[Si](CCCNC(=O)C(CCC[Si](C)(C)O[Si](C)(C)O[Si](O[Si](C)(C)CCCC(CC(=O)O)C(=O)NCCC[Si](OCC)(OCC)OCC)(c1ccccc1)c1ccccc1)CC(=O)O)(OCC)OCC.C[Si](C)(CCCC1CC(=O)OC1=O)O[Si](C)(C)O[Si](O[Si](C)(C)CCCC1CC(=O)OC1=O)(c1ccccc1)c1ccccc1. The fourth-order valence-corrected chi connectivity index (χ4v) is 62.1. The average Bonchev–Trinajstić information content (AvgIpc) is 0.865. The molecule has 30 nitrogen and oxygen atoms in total. The predicted molar refractivity (Wildman–Crippen MR) is 565 cm³/mol. The van der Waals surface area contributed by atoms with Crippen molar-refractivity contribution >= 4 is 162 Å². The van der Waals surface area contributed by atoms with Crippen LogP contribution in [0.15, 0.2) is 121 Å². The minimum Gasteiger partial charge on any atom is -0.481 e. The van der Waals surface area contributed by atoms with Gasteiger partial charge in [-0.15, -0.1) is 0 Å². The van der Waals surface area contributed by atoms with Crippen molar-refractivity contribution in [3.8, 4) is 0 Å². The van der Waals surface area contributed by atoms with E-state index in [-0.39, 0.29) is 79.0 Å². The summed E-state index contributed by atoms with van der Waals surface area (Å²) in [6.45, 7) is 48.8. The number of carboxylic acid groups (broad SMARTS) is 2. The van der Waals surface area contributed by atoms with Crippen molar-refractivity contribution in [2.75, 3.05) is 79.1 Å². The Labute approximate surface area is 829 Å². The van der Waals surface area contributed by atoms with Gasteiger partial charge in [0.25, 0.3) is 0 Å². The van der Waals surface area contributed by atoms with Crippen LogP contribution in [0.25, 0.3) is 0 Å². The fourth-order valence-electron chi connectivity index (χ4n) is 16.8. The smallest absolute Gasteiger partial charge is 0.481 e. The van der Waals surface area contributed by atoms with Crippen molar-refractivity contribution in [3.63, 3.8) is 0 Å². The lowest BCUT2D eigenvalue weighted by Gasteiger charge is -2.44. The van der Waals surface area contributed by atoms with E-state index in [0.29, 0.717) is 155 Å². The molecule has 2 amide bonds. The van der Waals surface area contributed by atoms with E-state index in [9.17, 15) is 48.6 Å². The van der Waals surface area contributed by atoms with Crippen LogP contribution in [-0.2, 0) is 112 Å². The van der Waals surface area contributed by atoms with E-state index in [4.69, 9.17) is 79.7 Å². The first-order valence-corrected chi connectivity index (χ1v) is 75.2. The molecule has 41 heteroatoms. The summed E-state index contributed by atoms with van der Waals surface area (Å²) in [5.41, 5.74) is 5.48. The molecule has 778 valence electrons. The zero-order valence-electron chi connectivity index (χ0n) is 83.1. The Morgan fingerprint density at radius 2 is 0.596 bits per heavy atom. The average molecular weight is 2100 g/mol. The van der Waals surface area contributed by atoms with Gasteiger partial charge in [-0.25, -0.2) is 0 Å². The van der Waals surface area contributed by atoms with Gasteiger partial charge in [-0.3, -0.25) is 38.4 Å². The van der Waals surface area contributed by atoms with E-state index in [0.717, 1.165) is 58.1 Å². The van der Waals surface area contributed by atoms with Crippen molar-refractivity contribution in [3.05, 3.63) is 121 Å². The highest BCUT2D eigenvalue weighted by atomic mass is 28.5. The van der Waals surface area contributed by atoms with Gasteiger partial charge in [0.05, 0.1) is 37.5 Å². The highest BCUT2D eigenvalue weighted by Crippen LogP contribution is 2.35. The van der Waals surface area contributed by atoms with Crippen LogP contribution in [-0.4, -0.2) is 231 Å². The number of esters is 4. The number of hydrogen-bond donors (Lipinski definition) is 5. The first-order valence-electron chi connectivity index (χ1n) is 47.7. The summed E-state index contributed by atoms with van der Waals surface area (Å²) in [6, 6.07) is 45.2. The first kappa shape index (κ1) is 131. The van der Waals surface area contributed by atoms with Gasteiger partial charge in [-0.1, -0.05) is 177 Å². The number of nitrogens with one attached hydrogen (secondary N) is 2. The van der Waals surface area contributed by atoms with Crippen molar-refractivity contribution in [2.24, 2.45) is 29.4 Å². The Morgan fingerprint density at radius 3 is 0.824 bits per heavy atom. The van der Waals surface area contributed by atoms with Gasteiger partial charge in [0.15, 0.2) is 33.3 Å². The third-order valence-electron chi connectivity index (χ3n) is 22.0. The number of carboxylic acids is 2. The molecule has 0 radical (unpaired) electrons. The molecule has 6 rings (SSSR count). The number of amides is 2. The molecule has 4 unspecified atom stereocenters. The molecule has 0 spiro atoms. The van der Waals surface area contributed by atoms with Gasteiger partial charge >= 0.3 is 96.5 Å². The minimum absolute atomic E-state index is 0. The summed E-state index contributed by atoms with van der Waals surface area (Å²) < 4.78 is 106. The number of hydrogen-bond acceptors (Lipinski definition) is 26. The molecular formula is C95H177N3O27Si11. The van der Waals surface area contributed by atoms with E-state index >= 15 is 0 Å². The molecule has 0 saturated carbocycles. The first-order chi connectivity index (χ1) is 62.3. The molecule has 0 aromatic heterocycles. The molecule has 2 fully saturated rings. The Hall–Kier alpha value is -5.21. The number of cyclic esters (lactones) is 4. The van der Waals surface area contributed by atoms with Crippen LogP contribution < -0.4 is 37.1 Å². The summed E-state index contributed by atoms with van der Waals surface area (Å²) >= 11 is 0. The number of benzene rings is 4. The minimum atomic E-state index is -3.54. The second-order valence-corrected chi connectivity index (χ2v) is 75.9. The molecule has 136 heavy (non-hydrogen) atoms. The van der Waals surface area contributed by atoms with E-state index < -0.39 is 142 Å². The van der Waals surface area contributed by atoms with Crippen LogP contribution in [0.4, 0.5) is 0 Å². The Morgan fingerprint density at radius 1 is 0.353 bits per heavy atom. The van der Waals surface area contributed by atoms with Crippen molar-refractivity contribution in [1.29, 1.82) is 0 Å². The van der Waals surface area contributed by atoms with Crippen molar-refractivity contribution in [2.45, 2.75) is 309 Å². The Kier molecular flexibility index (Phi) is 62.6. The topological polar surface area (TPSA) is 384 Å². The highest BCUT2D eigenvalue weighted by molar-refractivity contribution is 7.03.